The van der Waals surface area contributed by atoms with Crippen molar-refractivity contribution in [3.05, 3.63) is 10.1 Å². The number of halogens is 4. The SMILES string of the molecule is COC1(OC)[C@@]2(Cl)C(Cl)=C(Cl)[C@@]1(Cl)[C@@H]1C(=O)N(C(C)C)C(=O)[C@H]12. The van der Waals surface area contributed by atoms with Crippen molar-refractivity contribution in [1.29, 1.82) is 0 Å². The first-order valence-corrected chi connectivity index (χ1v) is 8.50. The van der Waals surface area contributed by atoms with Crippen LogP contribution in [0.1, 0.15) is 13.8 Å². The van der Waals surface area contributed by atoms with Gasteiger partial charge in [0.05, 0.1) is 21.9 Å². The van der Waals surface area contributed by atoms with Gasteiger partial charge in [-0.2, -0.15) is 0 Å². The molecule has 3 rings (SSSR count). The first kappa shape index (κ1) is 17.8. The molecule has 1 heterocycles. The molecule has 4 atom stereocenters. The van der Waals surface area contributed by atoms with Gasteiger partial charge in [0.25, 0.3) is 0 Å². The van der Waals surface area contributed by atoms with E-state index in [-0.39, 0.29) is 16.1 Å². The van der Waals surface area contributed by atoms with E-state index >= 15 is 0 Å². The number of ether oxygens (including phenoxy) is 2. The number of carbonyl (C=O) groups excluding carboxylic acids is 2. The second-order valence-electron chi connectivity index (χ2n) is 6.17. The first-order chi connectivity index (χ1) is 10.6. The van der Waals surface area contributed by atoms with Crippen molar-refractivity contribution < 1.29 is 19.1 Å². The Labute approximate surface area is 153 Å². The predicted octanol–water partition coefficient (Wildman–Crippen LogP) is 2.66. The average Bonchev–Trinajstić information content (AvgIpc) is 2.91. The summed E-state index contributed by atoms with van der Waals surface area (Å²) in [6, 6.07) is -0.336. The minimum Gasteiger partial charge on any atom is -0.350 e. The van der Waals surface area contributed by atoms with Crippen molar-refractivity contribution in [2.24, 2.45) is 11.8 Å². The van der Waals surface area contributed by atoms with Gasteiger partial charge >= 0.3 is 0 Å². The van der Waals surface area contributed by atoms with Gasteiger partial charge in [-0.1, -0.05) is 23.2 Å². The molecule has 3 aliphatic rings. The van der Waals surface area contributed by atoms with Crippen LogP contribution < -0.4 is 0 Å². The number of likely N-dealkylation sites (tertiary alicyclic amines) is 1. The summed E-state index contributed by atoms with van der Waals surface area (Å²) in [6.45, 7) is 3.47. The van der Waals surface area contributed by atoms with Crippen molar-refractivity contribution in [3.63, 3.8) is 0 Å². The third kappa shape index (κ3) is 1.52. The second kappa shape index (κ2) is 4.99. The van der Waals surface area contributed by atoms with Crippen molar-refractivity contribution in [1.82, 2.24) is 4.90 Å². The highest BCUT2D eigenvalue weighted by molar-refractivity contribution is 6.53. The zero-order chi connectivity index (χ0) is 17.5. The van der Waals surface area contributed by atoms with E-state index in [0.29, 0.717) is 0 Å². The van der Waals surface area contributed by atoms with E-state index in [0.717, 1.165) is 4.90 Å². The van der Waals surface area contributed by atoms with E-state index in [1.54, 1.807) is 13.8 Å². The molecule has 0 N–H and O–H groups in total. The van der Waals surface area contributed by atoms with Gasteiger partial charge in [-0.15, -0.1) is 23.2 Å². The fraction of sp³-hybridized carbons (Fsp3) is 0.714. The summed E-state index contributed by atoms with van der Waals surface area (Å²) >= 11 is 26.2. The lowest BCUT2D eigenvalue weighted by molar-refractivity contribution is -0.222. The molecular formula is C14H15Cl4NO4. The smallest absolute Gasteiger partial charge is 0.235 e. The van der Waals surface area contributed by atoms with E-state index < -0.39 is 39.2 Å². The number of amides is 2. The van der Waals surface area contributed by atoms with Crippen LogP contribution in [0.2, 0.25) is 0 Å². The lowest BCUT2D eigenvalue weighted by Crippen LogP contribution is -2.60. The molecule has 0 spiro atoms. The summed E-state index contributed by atoms with van der Waals surface area (Å²) in [5.41, 5.74) is 0. The van der Waals surface area contributed by atoms with Gasteiger partial charge in [-0.3, -0.25) is 14.5 Å². The van der Waals surface area contributed by atoms with Crippen molar-refractivity contribution >= 4 is 58.2 Å². The van der Waals surface area contributed by atoms with Gasteiger partial charge in [-0.05, 0) is 13.8 Å². The molecule has 2 fully saturated rings. The quantitative estimate of drug-likeness (QED) is 0.413. The van der Waals surface area contributed by atoms with Crippen molar-refractivity contribution in [2.45, 2.75) is 35.4 Å². The third-order valence-electron chi connectivity index (χ3n) is 5.08. The molecule has 23 heavy (non-hydrogen) atoms. The fourth-order valence-electron chi connectivity index (χ4n) is 4.24. The Morgan fingerprint density at radius 2 is 1.30 bits per heavy atom. The zero-order valence-electron chi connectivity index (χ0n) is 12.8. The van der Waals surface area contributed by atoms with Gasteiger partial charge in [0.1, 0.15) is 9.75 Å². The van der Waals surface area contributed by atoms with Crippen LogP contribution in [-0.4, -0.2) is 52.5 Å². The highest BCUT2D eigenvalue weighted by Gasteiger charge is 2.89. The Morgan fingerprint density at radius 1 is 0.957 bits per heavy atom. The van der Waals surface area contributed by atoms with Gasteiger partial charge in [-0.25, -0.2) is 0 Å². The Balaban J connectivity index is 2.31. The van der Waals surface area contributed by atoms with Crippen LogP contribution in [0, 0.1) is 11.8 Å². The van der Waals surface area contributed by atoms with Gasteiger partial charge < -0.3 is 9.47 Å². The van der Waals surface area contributed by atoms with Gasteiger partial charge in [0.2, 0.25) is 17.6 Å². The van der Waals surface area contributed by atoms with E-state index in [2.05, 4.69) is 0 Å². The molecule has 1 saturated heterocycles. The molecule has 5 nitrogen and oxygen atoms in total. The summed E-state index contributed by atoms with van der Waals surface area (Å²) in [7, 11) is 2.65. The van der Waals surface area contributed by atoms with Crippen LogP contribution in [0.5, 0.6) is 0 Å². The number of carbonyl (C=O) groups is 2. The minimum absolute atomic E-state index is 0.0208. The highest BCUT2D eigenvalue weighted by atomic mass is 35.5. The molecule has 0 aromatic carbocycles. The Morgan fingerprint density at radius 3 is 1.57 bits per heavy atom. The molecule has 128 valence electrons. The molecule has 9 heteroatoms. The van der Waals surface area contributed by atoms with Crippen molar-refractivity contribution in [3.8, 4) is 0 Å². The molecule has 2 amide bonds. The number of fused-ring (bicyclic) bond motifs is 5. The normalized spacial score (nSPS) is 41.5. The minimum atomic E-state index is -1.72. The fourth-order valence-corrected chi connectivity index (χ4v) is 6.40. The third-order valence-corrected chi connectivity index (χ3v) is 7.69. The van der Waals surface area contributed by atoms with Crippen LogP contribution in [0.15, 0.2) is 10.1 Å². The Bertz CT molecular complexity index is 601. The first-order valence-electron chi connectivity index (χ1n) is 6.99. The lowest BCUT2D eigenvalue weighted by atomic mass is 9.84. The summed E-state index contributed by atoms with van der Waals surface area (Å²) in [5.74, 6) is -4.64. The van der Waals surface area contributed by atoms with E-state index in [1.165, 1.54) is 14.2 Å². The summed E-state index contributed by atoms with van der Waals surface area (Å²) in [6.07, 6.45) is 0. The average molecular weight is 403 g/mol. The summed E-state index contributed by atoms with van der Waals surface area (Å²) in [4.78, 5) is 23.6. The second-order valence-corrected chi connectivity index (χ2v) is 8.12. The van der Waals surface area contributed by atoms with Gasteiger partial charge in [0.15, 0.2) is 0 Å². The van der Waals surface area contributed by atoms with Crippen LogP contribution in [0.3, 0.4) is 0 Å². The Hall–Kier alpha value is -0.0400. The molecule has 0 aromatic heterocycles. The number of hydrogen-bond donors (Lipinski definition) is 0. The van der Waals surface area contributed by atoms with Crippen molar-refractivity contribution in [2.75, 3.05) is 14.2 Å². The number of hydrogen-bond acceptors (Lipinski definition) is 4. The van der Waals surface area contributed by atoms with Crippen LogP contribution in [0.25, 0.3) is 0 Å². The van der Waals surface area contributed by atoms with Crippen LogP contribution >= 0.6 is 46.4 Å². The standard InChI is InChI=1S/C14H15Cl4NO4/c1-5(2)19-10(20)6-7(11(19)21)13(18)9(16)8(15)12(6,17)14(13,22-3)23-4/h5-7H,1-4H3/t6-,7-,12-,13-/m0/s1. The van der Waals surface area contributed by atoms with Crippen LogP contribution in [0.4, 0.5) is 0 Å². The zero-order valence-corrected chi connectivity index (χ0v) is 15.8. The predicted molar refractivity (Wildman–Crippen MR) is 86.6 cm³/mol. The molecule has 0 aromatic rings. The number of methoxy groups -OCH3 is 2. The molecule has 0 unspecified atom stereocenters. The molecule has 2 bridgehead atoms. The maximum atomic E-state index is 12.9. The van der Waals surface area contributed by atoms with E-state index in [9.17, 15) is 9.59 Å². The highest BCUT2D eigenvalue weighted by Crippen LogP contribution is 2.75. The topological polar surface area (TPSA) is 55.8 Å². The monoisotopic (exact) mass is 401 g/mol. The molecule has 2 aliphatic carbocycles. The number of alkyl halides is 2. The number of rotatable bonds is 3. The summed E-state index contributed by atoms with van der Waals surface area (Å²) < 4.78 is 11.0. The summed E-state index contributed by atoms with van der Waals surface area (Å²) in [5, 5.41) is -0.0416. The Kier molecular flexibility index (Phi) is 3.86. The molecular weight excluding hydrogens is 388 g/mol. The van der Waals surface area contributed by atoms with Gasteiger partial charge in [0, 0.05) is 20.3 Å². The lowest BCUT2D eigenvalue weighted by Gasteiger charge is -2.42. The number of imide groups is 1. The van der Waals surface area contributed by atoms with Crippen LogP contribution in [-0.2, 0) is 19.1 Å². The largest absolute Gasteiger partial charge is 0.350 e. The van der Waals surface area contributed by atoms with E-state index in [1.807, 2.05) is 0 Å². The number of nitrogens with zero attached hydrogens (tertiary/aromatic N) is 1. The molecule has 1 saturated carbocycles. The maximum Gasteiger partial charge on any atom is 0.235 e. The van der Waals surface area contributed by atoms with E-state index in [4.69, 9.17) is 55.9 Å². The maximum absolute atomic E-state index is 12.9. The molecule has 1 aliphatic heterocycles. The molecule has 0 radical (unpaired) electrons.